The zero-order valence-corrected chi connectivity index (χ0v) is 16.8. The van der Waals surface area contributed by atoms with Gasteiger partial charge in [0.2, 0.25) is 5.82 Å². The van der Waals surface area contributed by atoms with Crippen molar-refractivity contribution in [2.45, 2.75) is 26.1 Å². The van der Waals surface area contributed by atoms with Crippen LogP contribution in [0.1, 0.15) is 29.7 Å². The maximum atomic E-state index is 13.9. The minimum atomic E-state index is -4.55. The Morgan fingerprint density at radius 2 is 1.68 bits per heavy atom. The van der Waals surface area contributed by atoms with Gasteiger partial charge in [0.05, 0.1) is 11.7 Å². The smallest absolute Gasteiger partial charge is 0.389 e. The fourth-order valence-electron chi connectivity index (χ4n) is 3.42. The molecular formula is C24H19F3N2O2. The highest BCUT2D eigenvalue weighted by Crippen LogP contribution is 2.40. The van der Waals surface area contributed by atoms with E-state index >= 15 is 0 Å². The summed E-state index contributed by atoms with van der Waals surface area (Å²) < 4.78 is 46.8. The largest absolute Gasteiger partial charge is 0.417 e. The van der Waals surface area contributed by atoms with E-state index in [0.717, 1.165) is 11.6 Å². The monoisotopic (exact) mass is 424 g/mol. The Bertz CT molecular complexity index is 1230. The van der Waals surface area contributed by atoms with E-state index in [-0.39, 0.29) is 22.8 Å². The van der Waals surface area contributed by atoms with Gasteiger partial charge in [-0.1, -0.05) is 53.7 Å². The second-order valence-corrected chi connectivity index (χ2v) is 7.30. The third-order valence-corrected chi connectivity index (χ3v) is 5.06. The molecule has 4 rings (SSSR count). The third-order valence-electron chi connectivity index (χ3n) is 5.06. The molecule has 0 amide bonds. The average molecular weight is 424 g/mol. The molecule has 0 bridgehead atoms. The molecular weight excluding hydrogens is 405 g/mol. The summed E-state index contributed by atoms with van der Waals surface area (Å²) in [6.45, 7) is 3.41. The van der Waals surface area contributed by atoms with Gasteiger partial charge in [0.1, 0.15) is 0 Å². The van der Waals surface area contributed by atoms with Crippen LogP contribution in [0, 0.1) is 6.92 Å². The van der Waals surface area contributed by atoms with Gasteiger partial charge in [-0.05, 0) is 54.3 Å². The number of halogens is 3. The van der Waals surface area contributed by atoms with E-state index in [9.17, 15) is 18.3 Å². The number of aryl methyl sites for hydroxylation is 1. The van der Waals surface area contributed by atoms with Crippen molar-refractivity contribution in [3.05, 3.63) is 83.4 Å². The topological polar surface area (TPSA) is 59.2 Å². The first kappa shape index (κ1) is 20.8. The molecule has 1 aromatic heterocycles. The van der Waals surface area contributed by atoms with Crippen LogP contribution in [0.15, 0.2) is 71.3 Å². The van der Waals surface area contributed by atoms with Gasteiger partial charge < -0.3 is 9.63 Å². The van der Waals surface area contributed by atoms with E-state index in [1.54, 1.807) is 68.4 Å². The van der Waals surface area contributed by atoms with E-state index in [1.807, 2.05) is 0 Å². The van der Waals surface area contributed by atoms with E-state index in [2.05, 4.69) is 10.1 Å². The van der Waals surface area contributed by atoms with Gasteiger partial charge in [-0.2, -0.15) is 18.2 Å². The predicted molar refractivity (Wildman–Crippen MR) is 111 cm³/mol. The Morgan fingerprint density at radius 1 is 0.903 bits per heavy atom. The minimum Gasteiger partial charge on any atom is -0.389 e. The lowest BCUT2D eigenvalue weighted by atomic mass is 9.94. The molecule has 1 atom stereocenters. The molecule has 0 saturated carbocycles. The standard InChI is InChI=1S/C24H19F3N2O2/c1-14-6-3-4-9-19(14)20-11-10-18(13-21(20)24(25,26)27)23-28-22(29-31-23)17-8-5-7-16(12-17)15(2)30/h3-13,15,30H,1-2H3. The Balaban J connectivity index is 1.77. The van der Waals surface area contributed by atoms with Crippen molar-refractivity contribution in [1.82, 2.24) is 10.1 Å². The predicted octanol–water partition coefficient (Wildman–Crippen LogP) is 6.45. The summed E-state index contributed by atoms with van der Waals surface area (Å²) in [6, 6.07) is 17.9. The molecule has 1 N–H and O–H groups in total. The number of aliphatic hydroxyl groups is 1. The summed E-state index contributed by atoms with van der Waals surface area (Å²) in [5.41, 5.74) is 2.04. The SMILES string of the molecule is Cc1ccccc1-c1ccc(-c2nc(-c3cccc(C(C)O)c3)no2)cc1C(F)(F)F. The molecule has 0 fully saturated rings. The number of aliphatic hydroxyl groups excluding tert-OH is 1. The molecule has 7 heteroatoms. The van der Waals surface area contributed by atoms with Crippen molar-refractivity contribution in [1.29, 1.82) is 0 Å². The van der Waals surface area contributed by atoms with E-state index in [0.29, 0.717) is 16.7 Å². The van der Waals surface area contributed by atoms with Crippen molar-refractivity contribution in [2.75, 3.05) is 0 Å². The second kappa shape index (κ2) is 8.00. The summed E-state index contributed by atoms with van der Waals surface area (Å²) in [5.74, 6) is 0.216. The van der Waals surface area contributed by atoms with Gasteiger partial charge in [0.25, 0.3) is 5.89 Å². The highest BCUT2D eigenvalue weighted by atomic mass is 19.4. The number of alkyl halides is 3. The lowest BCUT2D eigenvalue weighted by Gasteiger charge is -2.15. The first-order valence-corrected chi connectivity index (χ1v) is 9.64. The van der Waals surface area contributed by atoms with Crippen molar-refractivity contribution < 1.29 is 22.8 Å². The Morgan fingerprint density at radius 3 is 2.39 bits per heavy atom. The van der Waals surface area contributed by atoms with Gasteiger partial charge in [0, 0.05) is 11.1 Å². The maximum Gasteiger partial charge on any atom is 0.417 e. The Kier molecular flexibility index (Phi) is 5.37. The molecule has 4 nitrogen and oxygen atoms in total. The van der Waals surface area contributed by atoms with Crippen molar-refractivity contribution in [2.24, 2.45) is 0 Å². The zero-order chi connectivity index (χ0) is 22.2. The van der Waals surface area contributed by atoms with Crippen LogP contribution >= 0.6 is 0 Å². The van der Waals surface area contributed by atoms with Gasteiger partial charge >= 0.3 is 6.18 Å². The molecule has 0 radical (unpaired) electrons. The minimum absolute atomic E-state index is 0.0146. The number of hydrogen-bond acceptors (Lipinski definition) is 4. The molecule has 158 valence electrons. The number of benzene rings is 3. The summed E-state index contributed by atoms with van der Waals surface area (Å²) in [5, 5.41) is 13.7. The Labute approximate surface area is 177 Å². The van der Waals surface area contributed by atoms with Gasteiger partial charge in [-0.15, -0.1) is 0 Å². The molecule has 0 saturated heterocycles. The van der Waals surface area contributed by atoms with Crippen LogP contribution in [-0.2, 0) is 6.18 Å². The molecule has 1 unspecified atom stereocenters. The second-order valence-electron chi connectivity index (χ2n) is 7.30. The molecule has 4 aromatic rings. The quantitative estimate of drug-likeness (QED) is 0.409. The van der Waals surface area contributed by atoms with Crippen molar-refractivity contribution in [3.8, 4) is 34.0 Å². The number of nitrogens with zero attached hydrogens (tertiary/aromatic N) is 2. The Hall–Kier alpha value is -3.45. The zero-order valence-electron chi connectivity index (χ0n) is 16.8. The third kappa shape index (κ3) is 4.22. The fraction of sp³-hybridized carbons (Fsp3) is 0.167. The summed E-state index contributed by atoms with van der Waals surface area (Å²) >= 11 is 0. The number of aromatic nitrogens is 2. The van der Waals surface area contributed by atoms with Crippen LogP contribution in [-0.4, -0.2) is 15.2 Å². The summed E-state index contributed by atoms with van der Waals surface area (Å²) in [6.07, 6.45) is -5.23. The van der Waals surface area contributed by atoms with Crippen molar-refractivity contribution >= 4 is 0 Å². The normalized spacial score (nSPS) is 12.7. The average Bonchev–Trinajstić information content (AvgIpc) is 3.23. The van der Waals surface area contributed by atoms with Crippen LogP contribution in [0.5, 0.6) is 0 Å². The molecule has 31 heavy (non-hydrogen) atoms. The van der Waals surface area contributed by atoms with E-state index < -0.39 is 17.8 Å². The molecule has 0 aliphatic heterocycles. The molecule has 1 heterocycles. The maximum absolute atomic E-state index is 13.9. The van der Waals surface area contributed by atoms with Gasteiger partial charge in [0.15, 0.2) is 0 Å². The summed E-state index contributed by atoms with van der Waals surface area (Å²) in [4.78, 5) is 4.27. The highest BCUT2D eigenvalue weighted by molar-refractivity contribution is 5.74. The van der Waals surface area contributed by atoms with E-state index in [4.69, 9.17) is 4.52 Å². The molecule has 0 spiro atoms. The molecule has 0 aliphatic carbocycles. The molecule has 3 aromatic carbocycles. The lowest BCUT2D eigenvalue weighted by Crippen LogP contribution is -2.08. The van der Waals surface area contributed by atoms with Crippen LogP contribution < -0.4 is 0 Å². The summed E-state index contributed by atoms with van der Waals surface area (Å²) in [7, 11) is 0. The van der Waals surface area contributed by atoms with Crippen molar-refractivity contribution in [3.63, 3.8) is 0 Å². The first-order valence-electron chi connectivity index (χ1n) is 9.64. The van der Waals surface area contributed by atoms with Crippen LogP contribution in [0.25, 0.3) is 34.0 Å². The van der Waals surface area contributed by atoms with E-state index in [1.165, 1.54) is 6.07 Å². The fourth-order valence-corrected chi connectivity index (χ4v) is 3.42. The van der Waals surface area contributed by atoms with Gasteiger partial charge in [-0.25, -0.2) is 0 Å². The molecule has 0 aliphatic rings. The van der Waals surface area contributed by atoms with Crippen LogP contribution in [0.4, 0.5) is 13.2 Å². The lowest BCUT2D eigenvalue weighted by molar-refractivity contribution is -0.137. The number of rotatable bonds is 4. The van der Waals surface area contributed by atoms with Gasteiger partial charge in [-0.3, -0.25) is 0 Å². The number of hydrogen-bond donors (Lipinski definition) is 1. The highest BCUT2D eigenvalue weighted by Gasteiger charge is 2.34. The van der Waals surface area contributed by atoms with Crippen LogP contribution in [0.2, 0.25) is 0 Å². The van der Waals surface area contributed by atoms with Crippen LogP contribution in [0.3, 0.4) is 0 Å². The first-order chi connectivity index (χ1) is 14.7.